The van der Waals surface area contributed by atoms with E-state index >= 15 is 0 Å². The van der Waals surface area contributed by atoms with Crippen LogP contribution in [0.5, 0.6) is 0 Å². The van der Waals surface area contributed by atoms with Gasteiger partial charge < -0.3 is 10.1 Å². The number of rotatable bonds is 2. The van der Waals surface area contributed by atoms with Crippen molar-refractivity contribution in [1.29, 1.82) is 0 Å². The predicted octanol–water partition coefficient (Wildman–Crippen LogP) is 3.20. The normalized spacial score (nSPS) is 18.8. The fourth-order valence-electron chi connectivity index (χ4n) is 2.99. The monoisotopic (exact) mass is 247 g/mol. The maximum Gasteiger partial charge on any atom is 0.303 e. The molecule has 18 heavy (non-hydrogen) atoms. The number of aryl methyl sites for hydroxylation is 1. The average molecular weight is 247 g/mol. The number of halogens is 1. The van der Waals surface area contributed by atoms with E-state index in [1.807, 2.05) is 0 Å². The van der Waals surface area contributed by atoms with E-state index in [0.29, 0.717) is 0 Å². The maximum absolute atomic E-state index is 13.3. The Kier molecular flexibility index (Phi) is 2.58. The maximum atomic E-state index is 13.3. The van der Waals surface area contributed by atoms with Crippen LogP contribution in [-0.4, -0.2) is 16.1 Å². The van der Waals surface area contributed by atoms with Crippen LogP contribution in [0.25, 0.3) is 10.9 Å². The van der Waals surface area contributed by atoms with Gasteiger partial charge in [0.25, 0.3) is 0 Å². The first-order valence-electron chi connectivity index (χ1n) is 6.17. The fraction of sp³-hybridized carbons (Fsp3) is 0.357. The number of hydrogen-bond acceptors (Lipinski definition) is 1. The van der Waals surface area contributed by atoms with Crippen LogP contribution in [0.3, 0.4) is 0 Å². The highest BCUT2D eigenvalue weighted by Crippen LogP contribution is 2.39. The molecule has 0 amide bonds. The van der Waals surface area contributed by atoms with Crippen LogP contribution in [0.15, 0.2) is 18.2 Å². The summed E-state index contributed by atoms with van der Waals surface area (Å²) in [6, 6.07) is 4.65. The van der Waals surface area contributed by atoms with Gasteiger partial charge in [0.15, 0.2) is 0 Å². The summed E-state index contributed by atoms with van der Waals surface area (Å²) in [6.07, 6.45) is 2.89. The topological polar surface area (TPSA) is 53.1 Å². The van der Waals surface area contributed by atoms with Gasteiger partial charge in [0.1, 0.15) is 5.82 Å². The highest BCUT2D eigenvalue weighted by Gasteiger charge is 2.26. The van der Waals surface area contributed by atoms with E-state index in [9.17, 15) is 9.18 Å². The van der Waals surface area contributed by atoms with Gasteiger partial charge in [-0.3, -0.25) is 4.79 Å². The van der Waals surface area contributed by atoms with E-state index in [-0.39, 0.29) is 18.2 Å². The lowest BCUT2D eigenvalue weighted by Gasteiger charge is -2.21. The summed E-state index contributed by atoms with van der Waals surface area (Å²) in [7, 11) is 0. The molecule has 0 aliphatic heterocycles. The number of H-pyrrole nitrogens is 1. The minimum absolute atomic E-state index is 0.00167. The van der Waals surface area contributed by atoms with Crippen LogP contribution >= 0.6 is 0 Å². The Balaban J connectivity index is 2.16. The fourth-order valence-corrected chi connectivity index (χ4v) is 2.99. The molecule has 0 radical (unpaired) electrons. The van der Waals surface area contributed by atoms with Gasteiger partial charge in [-0.2, -0.15) is 0 Å². The lowest BCUT2D eigenvalue weighted by Crippen LogP contribution is -2.12. The number of hydrogen-bond donors (Lipinski definition) is 2. The van der Waals surface area contributed by atoms with E-state index in [1.54, 1.807) is 6.07 Å². The summed E-state index contributed by atoms with van der Waals surface area (Å²) in [5.74, 6) is -1.07. The summed E-state index contributed by atoms with van der Waals surface area (Å²) >= 11 is 0. The smallest absolute Gasteiger partial charge is 0.303 e. The number of aliphatic carboxylic acids is 1. The standard InChI is InChI=1S/C14H14FNO2/c15-9-4-5-11-10(7-9)14-8(6-13(17)18)2-1-3-12(14)16-11/h4-5,7-8,16H,1-3,6H2,(H,17,18). The average Bonchev–Trinajstić information content (AvgIpc) is 2.67. The van der Waals surface area contributed by atoms with Gasteiger partial charge in [0.05, 0.1) is 6.42 Å². The molecule has 0 fully saturated rings. The van der Waals surface area contributed by atoms with E-state index in [4.69, 9.17) is 5.11 Å². The van der Waals surface area contributed by atoms with E-state index in [0.717, 1.165) is 41.4 Å². The molecule has 1 aliphatic rings. The minimum atomic E-state index is -0.793. The molecule has 1 aromatic heterocycles. The van der Waals surface area contributed by atoms with Crippen LogP contribution in [0.4, 0.5) is 4.39 Å². The second kappa shape index (κ2) is 4.12. The van der Waals surface area contributed by atoms with Crippen LogP contribution in [-0.2, 0) is 11.2 Å². The van der Waals surface area contributed by atoms with Crippen molar-refractivity contribution in [3.05, 3.63) is 35.3 Å². The van der Waals surface area contributed by atoms with Crippen LogP contribution in [0.1, 0.15) is 36.4 Å². The first-order valence-corrected chi connectivity index (χ1v) is 6.17. The number of carboxylic acids is 1. The lowest BCUT2D eigenvalue weighted by atomic mass is 9.83. The Hall–Kier alpha value is -1.84. The van der Waals surface area contributed by atoms with E-state index in [1.165, 1.54) is 12.1 Å². The predicted molar refractivity (Wildman–Crippen MR) is 66.2 cm³/mol. The second-order valence-electron chi connectivity index (χ2n) is 4.89. The Labute approximate surface area is 104 Å². The number of nitrogens with one attached hydrogen (secondary N) is 1. The third kappa shape index (κ3) is 1.78. The highest BCUT2D eigenvalue weighted by atomic mass is 19.1. The third-order valence-electron chi connectivity index (χ3n) is 3.69. The van der Waals surface area contributed by atoms with E-state index in [2.05, 4.69) is 4.98 Å². The molecule has 0 bridgehead atoms. The number of carbonyl (C=O) groups is 1. The molecule has 1 aliphatic carbocycles. The molecular formula is C14H14FNO2. The molecule has 2 N–H and O–H groups in total. The molecule has 1 aromatic carbocycles. The molecule has 0 saturated carbocycles. The van der Waals surface area contributed by atoms with Gasteiger partial charge in [-0.15, -0.1) is 0 Å². The van der Waals surface area contributed by atoms with Crippen molar-refractivity contribution in [2.75, 3.05) is 0 Å². The molecule has 1 unspecified atom stereocenters. The molecule has 94 valence electrons. The summed E-state index contributed by atoms with van der Waals surface area (Å²) in [5, 5.41) is 9.81. The zero-order valence-electron chi connectivity index (χ0n) is 9.87. The molecule has 1 atom stereocenters. The lowest BCUT2D eigenvalue weighted by molar-refractivity contribution is -0.137. The molecule has 3 rings (SSSR count). The van der Waals surface area contributed by atoms with Crippen molar-refractivity contribution < 1.29 is 14.3 Å². The Bertz CT molecular complexity index is 618. The zero-order chi connectivity index (χ0) is 12.7. The largest absolute Gasteiger partial charge is 0.481 e. The number of fused-ring (bicyclic) bond motifs is 3. The van der Waals surface area contributed by atoms with E-state index < -0.39 is 5.97 Å². The molecule has 2 aromatic rings. The van der Waals surface area contributed by atoms with Crippen molar-refractivity contribution >= 4 is 16.9 Å². The molecule has 0 saturated heterocycles. The van der Waals surface area contributed by atoms with Crippen molar-refractivity contribution in [3.8, 4) is 0 Å². The summed E-state index contributed by atoms with van der Waals surface area (Å²) in [6.45, 7) is 0. The molecular weight excluding hydrogens is 233 g/mol. The number of benzene rings is 1. The highest BCUT2D eigenvalue weighted by molar-refractivity contribution is 5.86. The number of aromatic nitrogens is 1. The van der Waals surface area contributed by atoms with Crippen LogP contribution < -0.4 is 0 Å². The van der Waals surface area contributed by atoms with Crippen molar-refractivity contribution in [1.82, 2.24) is 4.98 Å². The SMILES string of the molecule is O=C(O)CC1CCCc2[nH]c3ccc(F)cc3c21. The van der Waals surface area contributed by atoms with Gasteiger partial charge in [0, 0.05) is 16.6 Å². The zero-order valence-corrected chi connectivity index (χ0v) is 9.87. The minimum Gasteiger partial charge on any atom is -0.481 e. The Morgan fingerprint density at radius 3 is 3.11 bits per heavy atom. The second-order valence-corrected chi connectivity index (χ2v) is 4.89. The first kappa shape index (κ1) is 11.3. The number of carboxylic acid groups (broad SMARTS) is 1. The van der Waals surface area contributed by atoms with Crippen molar-refractivity contribution in [2.24, 2.45) is 0 Å². The Morgan fingerprint density at radius 2 is 2.33 bits per heavy atom. The summed E-state index contributed by atoms with van der Waals surface area (Å²) in [4.78, 5) is 14.2. The molecule has 4 heteroatoms. The summed E-state index contributed by atoms with van der Waals surface area (Å²) < 4.78 is 13.3. The molecule has 0 spiro atoms. The van der Waals surface area contributed by atoms with Crippen molar-refractivity contribution in [3.63, 3.8) is 0 Å². The van der Waals surface area contributed by atoms with Gasteiger partial charge in [0.2, 0.25) is 0 Å². The molecule has 3 nitrogen and oxygen atoms in total. The summed E-state index contributed by atoms with van der Waals surface area (Å²) in [5.41, 5.74) is 2.99. The third-order valence-corrected chi connectivity index (χ3v) is 3.69. The van der Waals surface area contributed by atoms with Crippen molar-refractivity contribution in [2.45, 2.75) is 31.6 Å². The van der Waals surface area contributed by atoms with Gasteiger partial charge in [-0.05, 0) is 48.9 Å². The van der Waals surface area contributed by atoms with Gasteiger partial charge >= 0.3 is 5.97 Å². The number of aromatic amines is 1. The Morgan fingerprint density at radius 1 is 1.50 bits per heavy atom. The molecule has 1 heterocycles. The van der Waals surface area contributed by atoms with Gasteiger partial charge in [-0.1, -0.05) is 0 Å². The van der Waals surface area contributed by atoms with Gasteiger partial charge in [-0.25, -0.2) is 4.39 Å². The van der Waals surface area contributed by atoms with Crippen LogP contribution in [0, 0.1) is 5.82 Å². The quantitative estimate of drug-likeness (QED) is 0.856. The first-order chi connectivity index (χ1) is 8.65. The van der Waals surface area contributed by atoms with Crippen LogP contribution in [0.2, 0.25) is 0 Å².